The molecule has 0 atom stereocenters. The van der Waals surface area contributed by atoms with Gasteiger partial charge < -0.3 is 9.64 Å². The predicted octanol–water partition coefficient (Wildman–Crippen LogP) is 4.29. The number of amides is 1. The first-order valence-corrected chi connectivity index (χ1v) is 9.53. The Kier molecular flexibility index (Phi) is 5.29. The minimum atomic E-state index is -0.216. The first-order chi connectivity index (χ1) is 14.1. The lowest BCUT2D eigenvalue weighted by atomic mass is 10.1. The first kappa shape index (κ1) is 18.7. The van der Waals surface area contributed by atoms with E-state index in [1.807, 2.05) is 42.5 Å². The molecule has 0 aliphatic carbocycles. The molecule has 146 valence electrons. The minimum absolute atomic E-state index is 0.216. The normalized spacial score (nSPS) is 12.8. The maximum absolute atomic E-state index is 12.5. The molecule has 3 aromatic carbocycles. The number of carbonyl (C=O) groups excluding carboxylic acids is 1. The lowest BCUT2D eigenvalue weighted by molar-refractivity contribution is 0.0955. The van der Waals surface area contributed by atoms with Crippen LogP contribution >= 0.6 is 0 Å². The summed E-state index contributed by atoms with van der Waals surface area (Å²) >= 11 is 0. The predicted molar refractivity (Wildman–Crippen MR) is 116 cm³/mol. The van der Waals surface area contributed by atoms with Crippen molar-refractivity contribution >= 4 is 17.8 Å². The molecule has 0 saturated carbocycles. The van der Waals surface area contributed by atoms with Crippen molar-refractivity contribution in [1.82, 2.24) is 5.43 Å². The van der Waals surface area contributed by atoms with E-state index in [2.05, 4.69) is 46.6 Å². The molecule has 1 amide bonds. The van der Waals surface area contributed by atoms with E-state index < -0.39 is 0 Å². The molecule has 0 bridgehead atoms. The Bertz CT molecular complexity index is 1040. The van der Waals surface area contributed by atoms with Crippen molar-refractivity contribution in [1.29, 1.82) is 0 Å². The molecule has 3 aromatic rings. The summed E-state index contributed by atoms with van der Waals surface area (Å²) in [6, 6.07) is 21.8. The smallest absolute Gasteiger partial charge is 0.271 e. The molecule has 1 heterocycles. The molecule has 1 aliphatic rings. The van der Waals surface area contributed by atoms with Gasteiger partial charge in [0.1, 0.15) is 5.75 Å². The molecule has 5 nitrogen and oxygen atoms in total. The van der Waals surface area contributed by atoms with Crippen LogP contribution in [0.1, 0.15) is 32.6 Å². The summed E-state index contributed by atoms with van der Waals surface area (Å²) < 4.78 is 5.13. The van der Waals surface area contributed by atoms with Crippen LogP contribution in [0.4, 0.5) is 5.69 Å². The lowest BCUT2D eigenvalue weighted by Crippen LogP contribution is -2.17. The van der Waals surface area contributed by atoms with Crippen molar-refractivity contribution in [3.8, 4) is 5.75 Å². The SMILES string of the molecule is COc1ccc(/C=N/NC(=O)c2ccc3c(c2)CN(c2ccc(C)cc2)C3)cc1. The van der Waals surface area contributed by atoms with Gasteiger partial charge in [-0.15, -0.1) is 0 Å². The van der Waals surface area contributed by atoms with E-state index in [4.69, 9.17) is 4.74 Å². The fourth-order valence-electron chi connectivity index (χ4n) is 3.39. The highest BCUT2D eigenvalue weighted by Gasteiger charge is 2.20. The van der Waals surface area contributed by atoms with Gasteiger partial charge in [0.2, 0.25) is 0 Å². The second kappa shape index (κ2) is 8.19. The van der Waals surface area contributed by atoms with Gasteiger partial charge in [-0.3, -0.25) is 4.79 Å². The zero-order valence-electron chi connectivity index (χ0n) is 16.6. The Labute approximate surface area is 170 Å². The Morgan fingerprint density at radius 1 is 1.00 bits per heavy atom. The van der Waals surface area contributed by atoms with Crippen LogP contribution in [0.3, 0.4) is 0 Å². The topological polar surface area (TPSA) is 53.9 Å². The standard InChI is InChI=1S/C24H23N3O2/c1-17-3-9-22(10-4-17)27-15-20-8-7-19(13-21(20)16-27)24(28)26-25-14-18-5-11-23(29-2)12-6-18/h3-14H,15-16H2,1-2H3,(H,26,28)/b25-14+. The average Bonchev–Trinajstić information content (AvgIpc) is 3.18. The van der Waals surface area contributed by atoms with Crippen molar-refractivity contribution in [3.05, 3.63) is 94.5 Å². The summed E-state index contributed by atoms with van der Waals surface area (Å²) in [7, 11) is 1.62. The second-order valence-corrected chi connectivity index (χ2v) is 7.15. The lowest BCUT2D eigenvalue weighted by Gasteiger charge is -2.17. The minimum Gasteiger partial charge on any atom is -0.497 e. The number of benzene rings is 3. The van der Waals surface area contributed by atoms with E-state index in [9.17, 15) is 4.79 Å². The molecule has 0 unspecified atom stereocenters. The molecular formula is C24H23N3O2. The van der Waals surface area contributed by atoms with Crippen LogP contribution in [0.15, 0.2) is 71.8 Å². The van der Waals surface area contributed by atoms with Gasteiger partial charge in [-0.05, 0) is 72.1 Å². The van der Waals surface area contributed by atoms with Crippen molar-refractivity contribution in [2.45, 2.75) is 20.0 Å². The summed E-state index contributed by atoms with van der Waals surface area (Å²) in [6.45, 7) is 3.75. The molecule has 0 radical (unpaired) electrons. The van der Waals surface area contributed by atoms with Gasteiger partial charge in [0.25, 0.3) is 5.91 Å². The van der Waals surface area contributed by atoms with E-state index in [1.54, 1.807) is 13.3 Å². The van der Waals surface area contributed by atoms with Crippen LogP contribution in [0.2, 0.25) is 0 Å². The number of nitrogens with one attached hydrogen (secondary N) is 1. The monoisotopic (exact) mass is 385 g/mol. The number of anilines is 1. The highest BCUT2D eigenvalue weighted by Crippen LogP contribution is 2.29. The van der Waals surface area contributed by atoms with Crippen LogP contribution in [0, 0.1) is 6.92 Å². The average molecular weight is 385 g/mol. The molecule has 0 spiro atoms. The molecule has 0 fully saturated rings. The molecular weight excluding hydrogens is 362 g/mol. The van der Waals surface area contributed by atoms with Crippen molar-refractivity contribution in [3.63, 3.8) is 0 Å². The third kappa shape index (κ3) is 4.29. The molecule has 0 saturated heterocycles. The van der Waals surface area contributed by atoms with Gasteiger partial charge >= 0.3 is 0 Å². The van der Waals surface area contributed by atoms with E-state index in [-0.39, 0.29) is 5.91 Å². The number of hydrazone groups is 1. The van der Waals surface area contributed by atoms with E-state index in [0.29, 0.717) is 5.56 Å². The van der Waals surface area contributed by atoms with Crippen LogP contribution < -0.4 is 15.1 Å². The highest BCUT2D eigenvalue weighted by atomic mass is 16.5. The molecule has 4 rings (SSSR count). The highest BCUT2D eigenvalue weighted by molar-refractivity contribution is 5.95. The number of methoxy groups -OCH3 is 1. The number of nitrogens with zero attached hydrogens (tertiary/aromatic N) is 2. The van der Waals surface area contributed by atoms with Crippen LogP contribution in [0.5, 0.6) is 5.75 Å². The van der Waals surface area contributed by atoms with Gasteiger partial charge in [0.05, 0.1) is 13.3 Å². The summed E-state index contributed by atoms with van der Waals surface area (Å²) in [5, 5.41) is 4.06. The maximum Gasteiger partial charge on any atom is 0.271 e. The number of hydrogen-bond acceptors (Lipinski definition) is 4. The second-order valence-electron chi connectivity index (χ2n) is 7.15. The number of ether oxygens (including phenoxy) is 1. The largest absolute Gasteiger partial charge is 0.497 e. The fraction of sp³-hybridized carbons (Fsp3) is 0.167. The summed E-state index contributed by atoms with van der Waals surface area (Å²) in [5.41, 5.74) is 8.98. The Morgan fingerprint density at radius 2 is 1.72 bits per heavy atom. The van der Waals surface area contributed by atoms with E-state index in [1.165, 1.54) is 22.4 Å². The zero-order valence-corrected chi connectivity index (χ0v) is 16.6. The van der Waals surface area contributed by atoms with Crippen LogP contribution in [-0.2, 0) is 13.1 Å². The number of rotatable bonds is 5. The Morgan fingerprint density at radius 3 is 2.45 bits per heavy atom. The molecule has 29 heavy (non-hydrogen) atoms. The van der Waals surface area contributed by atoms with Gasteiger partial charge in [-0.2, -0.15) is 5.10 Å². The van der Waals surface area contributed by atoms with Crippen LogP contribution in [0.25, 0.3) is 0 Å². The number of hydrogen-bond donors (Lipinski definition) is 1. The zero-order chi connectivity index (χ0) is 20.2. The molecule has 1 aliphatic heterocycles. The third-order valence-corrected chi connectivity index (χ3v) is 5.09. The van der Waals surface area contributed by atoms with Crippen LogP contribution in [-0.4, -0.2) is 19.2 Å². The first-order valence-electron chi connectivity index (χ1n) is 9.53. The summed E-state index contributed by atoms with van der Waals surface area (Å²) in [6.07, 6.45) is 1.61. The van der Waals surface area contributed by atoms with E-state index in [0.717, 1.165) is 24.4 Å². The summed E-state index contributed by atoms with van der Waals surface area (Å²) in [4.78, 5) is 14.8. The van der Waals surface area contributed by atoms with Gasteiger partial charge in [0, 0.05) is 24.3 Å². The molecule has 1 N–H and O–H groups in total. The van der Waals surface area contributed by atoms with Gasteiger partial charge in [-0.25, -0.2) is 5.43 Å². The summed E-state index contributed by atoms with van der Waals surface area (Å²) in [5.74, 6) is 0.565. The van der Waals surface area contributed by atoms with E-state index >= 15 is 0 Å². The van der Waals surface area contributed by atoms with Gasteiger partial charge in [0.15, 0.2) is 0 Å². The Balaban J connectivity index is 1.40. The van der Waals surface area contributed by atoms with Crippen molar-refractivity contribution in [2.24, 2.45) is 5.10 Å². The maximum atomic E-state index is 12.5. The number of aryl methyl sites for hydroxylation is 1. The molecule has 5 heteroatoms. The number of carbonyl (C=O) groups is 1. The Hall–Kier alpha value is -3.60. The van der Waals surface area contributed by atoms with Crippen molar-refractivity contribution in [2.75, 3.05) is 12.0 Å². The quantitative estimate of drug-likeness (QED) is 0.527. The fourth-order valence-corrected chi connectivity index (χ4v) is 3.39. The third-order valence-electron chi connectivity index (χ3n) is 5.09. The molecule has 0 aromatic heterocycles. The van der Waals surface area contributed by atoms with Crippen molar-refractivity contribution < 1.29 is 9.53 Å². The number of fused-ring (bicyclic) bond motifs is 1. The van der Waals surface area contributed by atoms with Gasteiger partial charge in [-0.1, -0.05) is 23.8 Å².